The third-order valence-corrected chi connectivity index (χ3v) is 4.15. The van der Waals surface area contributed by atoms with Gasteiger partial charge in [-0.3, -0.25) is 0 Å². The predicted molar refractivity (Wildman–Crippen MR) is 74.5 cm³/mol. The van der Waals surface area contributed by atoms with Gasteiger partial charge in [-0.05, 0) is 42.8 Å². The zero-order chi connectivity index (χ0) is 14.8. The monoisotopic (exact) mass is 355 g/mol. The zero-order valence-electron chi connectivity index (χ0n) is 10.6. The van der Waals surface area contributed by atoms with Crippen molar-refractivity contribution in [2.45, 2.75) is 31.9 Å². The van der Waals surface area contributed by atoms with Gasteiger partial charge >= 0.3 is 0 Å². The molecule has 0 radical (unpaired) electrons. The molecule has 0 bridgehead atoms. The molecule has 1 unspecified atom stereocenters. The van der Waals surface area contributed by atoms with Crippen LogP contribution >= 0.6 is 15.9 Å². The molecule has 0 spiro atoms. The fraction of sp³-hybridized carbons (Fsp3) is 0.417. The highest BCUT2D eigenvalue weighted by atomic mass is 79.9. The minimum Gasteiger partial charge on any atom is -0.591 e. The molecule has 0 aliphatic carbocycles. The van der Waals surface area contributed by atoms with Gasteiger partial charge in [0.2, 0.25) is 0 Å². The molecule has 0 heterocycles. The summed E-state index contributed by atoms with van der Waals surface area (Å²) >= 11 is 1.27. The van der Waals surface area contributed by atoms with E-state index < -0.39 is 33.9 Å². The lowest BCUT2D eigenvalue weighted by atomic mass is 10.1. The Morgan fingerprint density at radius 2 is 1.95 bits per heavy atom. The van der Waals surface area contributed by atoms with Crippen LogP contribution in [0, 0.1) is 5.82 Å². The van der Waals surface area contributed by atoms with Gasteiger partial charge in [0, 0.05) is 5.56 Å². The average Bonchev–Trinajstić information content (AvgIpc) is 2.28. The smallest absolute Gasteiger partial charge is 0.267 e. The summed E-state index contributed by atoms with van der Waals surface area (Å²) in [5.74, 6) is -1.03. The maximum absolute atomic E-state index is 13.6. The highest BCUT2D eigenvalue weighted by Crippen LogP contribution is 2.30. The Hall–Kier alpha value is -0.530. The first-order valence-corrected chi connectivity index (χ1v) is 7.26. The molecular formula is C12H13BrF3NOS. The van der Waals surface area contributed by atoms with Gasteiger partial charge in [0.25, 0.3) is 6.43 Å². The first-order valence-electron chi connectivity index (χ1n) is 5.36. The summed E-state index contributed by atoms with van der Waals surface area (Å²) in [5.41, 5.74) is -0.822. The first-order chi connectivity index (χ1) is 8.64. The van der Waals surface area contributed by atoms with Gasteiger partial charge in [0.05, 0.1) is 16.3 Å². The van der Waals surface area contributed by atoms with Crippen LogP contribution in [-0.2, 0) is 11.4 Å². The molecule has 0 N–H and O–H groups in total. The summed E-state index contributed by atoms with van der Waals surface area (Å²) in [6.45, 7) is 5.11. The Labute approximate surface area is 121 Å². The highest BCUT2D eigenvalue weighted by Gasteiger charge is 2.26. The lowest BCUT2D eigenvalue weighted by Gasteiger charge is -2.18. The molecule has 0 aliphatic rings. The van der Waals surface area contributed by atoms with Crippen LogP contribution in [0.5, 0.6) is 0 Å². The van der Waals surface area contributed by atoms with Crippen molar-refractivity contribution in [3.63, 3.8) is 0 Å². The van der Waals surface area contributed by atoms with Crippen molar-refractivity contribution in [2.75, 3.05) is 0 Å². The van der Waals surface area contributed by atoms with Crippen LogP contribution in [0.2, 0.25) is 0 Å². The van der Waals surface area contributed by atoms with Crippen molar-refractivity contribution < 1.29 is 17.7 Å². The van der Waals surface area contributed by atoms with Gasteiger partial charge in [-0.25, -0.2) is 13.2 Å². The third kappa shape index (κ3) is 4.22. The highest BCUT2D eigenvalue weighted by molar-refractivity contribution is 9.10. The SMILES string of the molecule is CC(C)(C)[S+]([O-])/N=C/c1ccc(Br)c(F)c1C(F)F. The van der Waals surface area contributed by atoms with Gasteiger partial charge in [-0.2, -0.15) is 0 Å². The maximum atomic E-state index is 13.6. The van der Waals surface area contributed by atoms with Gasteiger partial charge in [-0.1, -0.05) is 10.5 Å². The molecule has 0 amide bonds. The lowest BCUT2D eigenvalue weighted by Crippen LogP contribution is -2.25. The van der Waals surface area contributed by atoms with Crippen molar-refractivity contribution in [3.8, 4) is 0 Å². The molecule has 1 atom stereocenters. The number of hydrogen-bond acceptors (Lipinski definition) is 2. The number of benzene rings is 1. The minimum atomic E-state index is -2.97. The summed E-state index contributed by atoms with van der Waals surface area (Å²) < 4.78 is 54.0. The average molecular weight is 356 g/mol. The predicted octanol–water partition coefficient (Wildman–Crippen LogP) is 4.41. The van der Waals surface area contributed by atoms with Crippen LogP contribution in [0.1, 0.15) is 38.3 Å². The number of halogens is 4. The standard InChI is InChI=1S/C12H13BrF3NOS/c1-12(2,3)19(18)17-6-7-4-5-8(13)10(14)9(7)11(15)16/h4-6,11H,1-3H3/b17-6+. The molecule has 1 rings (SSSR count). The van der Waals surface area contributed by atoms with Gasteiger partial charge in [0.15, 0.2) is 0 Å². The summed E-state index contributed by atoms with van der Waals surface area (Å²) in [4.78, 5) is 0. The number of alkyl halides is 2. The van der Waals surface area contributed by atoms with E-state index in [9.17, 15) is 17.7 Å². The van der Waals surface area contributed by atoms with Gasteiger partial charge in [-0.15, -0.1) is 0 Å². The van der Waals surface area contributed by atoms with Crippen LogP contribution in [0.15, 0.2) is 21.0 Å². The van der Waals surface area contributed by atoms with Gasteiger partial charge in [0.1, 0.15) is 21.9 Å². The molecule has 1 aromatic carbocycles. The fourth-order valence-corrected chi connectivity index (χ4v) is 2.05. The molecular weight excluding hydrogens is 343 g/mol. The van der Waals surface area contributed by atoms with Crippen LogP contribution in [0.3, 0.4) is 0 Å². The molecule has 0 aliphatic heterocycles. The zero-order valence-corrected chi connectivity index (χ0v) is 13.0. The Kier molecular flexibility index (Phi) is 5.46. The molecule has 2 nitrogen and oxygen atoms in total. The molecule has 19 heavy (non-hydrogen) atoms. The van der Waals surface area contributed by atoms with Crippen molar-refractivity contribution >= 4 is 33.5 Å². The topological polar surface area (TPSA) is 35.4 Å². The van der Waals surface area contributed by atoms with Crippen molar-refractivity contribution in [3.05, 3.63) is 33.5 Å². The normalized spacial score (nSPS) is 14.4. The minimum absolute atomic E-state index is 0.0445. The molecule has 1 aromatic rings. The largest absolute Gasteiger partial charge is 0.591 e. The van der Waals surface area contributed by atoms with E-state index in [-0.39, 0.29) is 10.0 Å². The Balaban J connectivity index is 3.15. The van der Waals surface area contributed by atoms with Crippen molar-refractivity contribution in [2.24, 2.45) is 4.40 Å². The number of rotatable bonds is 3. The summed E-state index contributed by atoms with van der Waals surface area (Å²) in [7, 11) is 0. The van der Waals surface area contributed by atoms with Crippen LogP contribution < -0.4 is 0 Å². The maximum Gasteiger partial charge on any atom is 0.267 e. The fourth-order valence-electron chi connectivity index (χ4n) is 1.18. The van der Waals surface area contributed by atoms with E-state index in [0.717, 1.165) is 6.21 Å². The van der Waals surface area contributed by atoms with Crippen LogP contribution in [0.25, 0.3) is 0 Å². The van der Waals surface area contributed by atoms with E-state index >= 15 is 0 Å². The van der Waals surface area contributed by atoms with E-state index in [1.807, 2.05) is 0 Å². The number of nitrogens with zero attached hydrogens (tertiary/aromatic N) is 1. The Morgan fingerprint density at radius 3 is 2.42 bits per heavy atom. The summed E-state index contributed by atoms with van der Waals surface area (Å²) in [6.07, 6.45) is -1.94. The quantitative estimate of drug-likeness (QED) is 0.584. The second-order valence-corrected chi connectivity index (χ2v) is 7.55. The van der Waals surface area contributed by atoms with Crippen LogP contribution in [0.4, 0.5) is 13.2 Å². The van der Waals surface area contributed by atoms with E-state index in [1.54, 1.807) is 20.8 Å². The van der Waals surface area contributed by atoms with E-state index in [2.05, 4.69) is 20.3 Å². The summed E-state index contributed by atoms with van der Waals surface area (Å²) in [6, 6.07) is 2.61. The molecule has 0 aromatic heterocycles. The second-order valence-electron chi connectivity index (χ2n) is 4.76. The molecule has 0 fully saturated rings. The third-order valence-electron chi connectivity index (χ3n) is 2.20. The Bertz CT molecular complexity index is 489. The second kappa shape index (κ2) is 6.28. The molecule has 0 saturated heterocycles. The Morgan fingerprint density at radius 1 is 1.37 bits per heavy atom. The van der Waals surface area contributed by atoms with E-state index in [4.69, 9.17) is 0 Å². The van der Waals surface area contributed by atoms with Crippen LogP contribution in [-0.4, -0.2) is 15.5 Å². The van der Waals surface area contributed by atoms with E-state index in [0.29, 0.717) is 0 Å². The molecule has 0 saturated carbocycles. The lowest BCUT2D eigenvalue weighted by molar-refractivity contribution is 0.146. The van der Waals surface area contributed by atoms with Crippen molar-refractivity contribution in [1.82, 2.24) is 0 Å². The molecule has 7 heteroatoms. The number of hydrogen-bond donors (Lipinski definition) is 0. The molecule has 106 valence electrons. The van der Waals surface area contributed by atoms with Gasteiger partial charge < -0.3 is 4.55 Å². The van der Waals surface area contributed by atoms with Crippen molar-refractivity contribution in [1.29, 1.82) is 0 Å². The first kappa shape index (κ1) is 16.5. The van der Waals surface area contributed by atoms with E-state index in [1.165, 1.54) is 12.1 Å². The summed E-state index contributed by atoms with van der Waals surface area (Å²) in [5, 5.41) is 0.